The predicted octanol–water partition coefficient (Wildman–Crippen LogP) is 7.70. The molecule has 0 aliphatic heterocycles. The number of nitrogens with one attached hydrogen (secondary N) is 1. The van der Waals surface area contributed by atoms with Gasteiger partial charge in [-0.15, -0.1) is 0 Å². The van der Waals surface area contributed by atoms with E-state index in [1.54, 1.807) is 48.5 Å². The molecule has 204 valence electrons. The molecule has 1 N–H and O–H groups in total. The highest BCUT2D eigenvalue weighted by Gasteiger charge is 2.32. The third kappa shape index (κ3) is 6.25. The van der Waals surface area contributed by atoms with Crippen molar-refractivity contribution < 1.29 is 18.0 Å². The van der Waals surface area contributed by atoms with Gasteiger partial charge in [-0.05, 0) is 66.9 Å². The van der Waals surface area contributed by atoms with Crippen molar-refractivity contribution in [2.24, 2.45) is 5.92 Å². The topological polar surface area (TPSA) is 67.2 Å². The van der Waals surface area contributed by atoms with Gasteiger partial charge >= 0.3 is 12.2 Å². The van der Waals surface area contributed by atoms with Crippen LogP contribution in [0.5, 0.6) is 0 Å². The zero-order valence-corrected chi connectivity index (χ0v) is 22.4. The van der Waals surface area contributed by atoms with Crippen LogP contribution < -0.4 is 10.9 Å². The van der Waals surface area contributed by atoms with Crippen molar-refractivity contribution in [3.63, 3.8) is 0 Å². The number of carbonyl (C=O) groups is 1. The Kier molecular flexibility index (Phi) is 8.30. The highest BCUT2D eigenvalue weighted by Crippen LogP contribution is 2.32. The Morgan fingerprint density at radius 2 is 1.74 bits per heavy atom. The standard InChI is InChI=1S/C29H28ClF3N4O2/c1-4-25(36(17-18(2)3)28(39)34-21-9-7-8-19(16-21)29(31,32)33)26-35-24-11-6-5-10-23(24)27(38)37(26)22-14-12-20(30)13-15-22/h5-16,18,25H,4,17H2,1-3H3,(H,34,39). The van der Waals surface area contributed by atoms with Gasteiger partial charge in [0.2, 0.25) is 0 Å². The number of rotatable bonds is 7. The first-order valence-corrected chi connectivity index (χ1v) is 12.9. The first-order valence-electron chi connectivity index (χ1n) is 12.5. The van der Waals surface area contributed by atoms with E-state index in [4.69, 9.17) is 16.6 Å². The van der Waals surface area contributed by atoms with E-state index in [1.165, 1.54) is 21.6 Å². The lowest BCUT2D eigenvalue weighted by molar-refractivity contribution is -0.137. The number of aromatic nitrogens is 2. The van der Waals surface area contributed by atoms with Crippen molar-refractivity contribution in [2.45, 2.75) is 39.4 Å². The van der Waals surface area contributed by atoms with Crippen LogP contribution in [0.3, 0.4) is 0 Å². The monoisotopic (exact) mass is 556 g/mol. The average molecular weight is 557 g/mol. The zero-order valence-electron chi connectivity index (χ0n) is 21.7. The number of amides is 2. The van der Waals surface area contributed by atoms with Gasteiger partial charge in [-0.25, -0.2) is 9.78 Å². The van der Waals surface area contributed by atoms with Crippen molar-refractivity contribution in [2.75, 3.05) is 11.9 Å². The van der Waals surface area contributed by atoms with Crippen molar-refractivity contribution in [3.05, 3.63) is 99.6 Å². The molecule has 0 radical (unpaired) electrons. The summed E-state index contributed by atoms with van der Waals surface area (Å²) in [5.74, 6) is 0.353. The zero-order chi connectivity index (χ0) is 28.3. The van der Waals surface area contributed by atoms with Gasteiger partial charge in [0.25, 0.3) is 5.56 Å². The molecule has 3 aromatic carbocycles. The maximum atomic E-state index is 13.8. The van der Waals surface area contributed by atoms with Gasteiger partial charge in [0.05, 0.1) is 28.2 Å². The maximum Gasteiger partial charge on any atom is 0.416 e. The van der Waals surface area contributed by atoms with Gasteiger partial charge in [-0.2, -0.15) is 13.2 Å². The van der Waals surface area contributed by atoms with Crippen LogP contribution in [0.2, 0.25) is 5.02 Å². The van der Waals surface area contributed by atoms with Gasteiger partial charge in [0, 0.05) is 17.3 Å². The van der Waals surface area contributed by atoms with Crippen molar-refractivity contribution in [1.82, 2.24) is 14.5 Å². The summed E-state index contributed by atoms with van der Waals surface area (Å²) >= 11 is 6.09. The second-order valence-electron chi connectivity index (χ2n) is 9.58. The number of carbonyl (C=O) groups excluding carboxylic acids is 1. The van der Waals surface area contributed by atoms with Crippen LogP contribution in [0.1, 0.15) is 44.6 Å². The van der Waals surface area contributed by atoms with Crippen molar-refractivity contribution in [3.8, 4) is 5.69 Å². The molecule has 39 heavy (non-hydrogen) atoms. The van der Waals surface area contributed by atoms with E-state index in [0.29, 0.717) is 33.9 Å². The lowest BCUT2D eigenvalue weighted by atomic mass is 10.1. The van der Waals surface area contributed by atoms with Crippen LogP contribution in [0.15, 0.2) is 77.6 Å². The molecule has 2 amide bonds. The Morgan fingerprint density at radius 3 is 2.38 bits per heavy atom. The van der Waals surface area contributed by atoms with Gasteiger partial charge in [0.1, 0.15) is 5.82 Å². The lowest BCUT2D eigenvalue weighted by Gasteiger charge is -2.33. The molecule has 0 aliphatic carbocycles. The molecule has 0 saturated heterocycles. The third-order valence-electron chi connectivity index (χ3n) is 6.21. The number of halogens is 4. The summed E-state index contributed by atoms with van der Waals surface area (Å²) in [5, 5.41) is 3.53. The third-order valence-corrected chi connectivity index (χ3v) is 6.46. The second kappa shape index (κ2) is 11.5. The van der Waals surface area contributed by atoms with E-state index in [-0.39, 0.29) is 23.7 Å². The highest BCUT2D eigenvalue weighted by atomic mass is 35.5. The smallest absolute Gasteiger partial charge is 0.314 e. The lowest BCUT2D eigenvalue weighted by Crippen LogP contribution is -2.42. The van der Waals surface area contributed by atoms with Crippen LogP contribution in [0.4, 0.5) is 23.7 Å². The fourth-order valence-electron chi connectivity index (χ4n) is 4.47. The van der Waals surface area contributed by atoms with Gasteiger partial charge in [-0.1, -0.05) is 50.6 Å². The van der Waals surface area contributed by atoms with Crippen molar-refractivity contribution >= 4 is 34.2 Å². The molecule has 4 aromatic rings. The highest BCUT2D eigenvalue weighted by molar-refractivity contribution is 6.30. The first-order chi connectivity index (χ1) is 18.5. The average Bonchev–Trinajstić information content (AvgIpc) is 2.89. The number of fused-ring (bicyclic) bond motifs is 1. The summed E-state index contributed by atoms with van der Waals surface area (Å²) in [5.41, 5.74) is -0.155. The van der Waals surface area contributed by atoms with Gasteiger partial charge in [0.15, 0.2) is 0 Å². The molecule has 0 bridgehead atoms. The summed E-state index contributed by atoms with van der Waals surface area (Å²) in [6, 6.07) is 16.9. The van der Waals surface area contributed by atoms with Crippen LogP contribution in [0, 0.1) is 5.92 Å². The van der Waals surface area contributed by atoms with E-state index in [1.807, 2.05) is 20.8 Å². The summed E-state index contributed by atoms with van der Waals surface area (Å²) in [6.07, 6.45) is -4.16. The molecule has 0 aliphatic rings. The number of alkyl halides is 3. The SMILES string of the molecule is CCC(c1nc2ccccc2c(=O)n1-c1ccc(Cl)cc1)N(CC(C)C)C(=O)Nc1cccc(C(F)(F)F)c1. The van der Waals surface area contributed by atoms with Crippen LogP contribution in [-0.4, -0.2) is 27.0 Å². The molecule has 6 nitrogen and oxygen atoms in total. The Morgan fingerprint density at radius 1 is 1.05 bits per heavy atom. The first kappa shape index (κ1) is 28.2. The van der Waals surface area contributed by atoms with Crippen LogP contribution in [0.25, 0.3) is 16.6 Å². The number of urea groups is 1. The molecular weight excluding hydrogens is 529 g/mol. The van der Waals surface area contributed by atoms with Crippen molar-refractivity contribution in [1.29, 1.82) is 0 Å². The van der Waals surface area contributed by atoms with Gasteiger partial charge < -0.3 is 10.2 Å². The largest absolute Gasteiger partial charge is 0.416 e. The summed E-state index contributed by atoms with van der Waals surface area (Å²) < 4.78 is 41.3. The molecule has 1 atom stereocenters. The summed E-state index contributed by atoms with van der Waals surface area (Å²) in [6.45, 7) is 5.99. The fourth-order valence-corrected chi connectivity index (χ4v) is 4.60. The number of para-hydroxylation sites is 1. The molecule has 0 spiro atoms. The van der Waals surface area contributed by atoms with Gasteiger partial charge in [-0.3, -0.25) is 9.36 Å². The normalized spacial score (nSPS) is 12.5. The molecular formula is C29H28ClF3N4O2. The Bertz CT molecular complexity index is 1530. The minimum absolute atomic E-state index is 0.0139. The van der Waals surface area contributed by atoms with Crippen LogP contribution in [-0.2, 0) is 6.18 Å². The van der Waals surface area contributed by atoms with E-state index in [0.717, 1.165) is 12.1 Å². The van der Waals surface area contributed by atoms with Crippen LogP contribution >= 0.6 is 11.6 Å². The fraction of sp³-hybridized carbons (Fsp3) is 0.276. The Balaban J connectivity index is 1.84. The number of anilines is 1. The Labute approximate surface area is 229 Å². The molecule has 0 fully saturated rings. The molecule has 1 unspecified atom stereocenters. The summed E-state index contributed by atoms with van der Waals surface area (Å²) in [7, 11) is 0. The number of benzene rings is 3. The maximum absolute atomic E-state index is 13.8. The molecule has 0 saturated carbocycles. The number of hydrogen-bond donors (Lipinski definition) is 1. The molecule has 4 rings (SSSR count). The number of hydrogen-bond acceptors (Lipinski definition) is 3. The number of nitrogens with zero attached hydrogens (tertiary/aromatic N) is 3. The molecule has 1 aromatic heterocycles. The Hall–Kier alpha value is -3.85. The summed E-state index contributed by atoms with van der Waals surface area (Å²) in [4.78, 5) is 33.7. The van der Waals surface area contributed by atoms with E-state index in [2.05, 4.69) is 5.32 Å². The van der Waals surface area contributed by atoms with E-state index in [9.17, 15) is 22.8 Å². The molecule has 10 heteroatoms. The molecule has 1 heterocycles. The predicted molar refractivity (Wildman–Crippen MR) is 147 cm³/mol. The quantitative estimate of drug-likeness (QED) is 0.254. The van der Waals surface area contributed by atoms with E-state index >= 15 is 0 Å². The minimum atomic E-state index is -4.55. The van der Waals surface area contributed by atoms with E-state index < -0.39 is 23.8 Å². The minimum Gasteiger partial charge on any atom is -0.314 e. The second-order valence-corrected chi connectivity index (χ2v) is 10.0.